The molecule has 0 saturated heterocycles. The quantitative estimate of drug-likeness (QED) is 0.526. The van der Waals surface area contributed by atoms with E-state index in [1.807, 2.05) is 26.1 Å². The van der Waals surface area contributed by atoms with Crippen molar-refractivity contribution in [2.75, 3.05) is 13.7 Å². The Hall–Kier alpha value is -3.09. The third-order valence-electron chi connectivity index (χ3n) is 4.09. The monoisotopic (exact) mass is 352 g/mol. The summed E-state index contributed by atoms with van der Waals surface area (Å²) in [7, 11) is 3.55. The van der Waals surface area contributed by atoms with Gasteiger partial charge < -0.3 is 15.4 Å². The number of hydrogen-bond acceptors (Lipinski definition) is 4. The summed E-state index contributed by atoms with van der Waals surface area (Å²) in [5.74, 6) is 2.48. The lowest BCUT2D eigenvalue weighted by molar-refractivity contribution is 0.415. The van der Waals surface area contributed by atoms with E-state index in [0.29, 0.717) is 13.1 Å². The summed E-state index contributed by atoms with van der Waals surface area (Å²) in [6.07, 6.45) is 1.55. The molecule has 0 unspecified atom stereocenters. The number of ether oxygens (including phenoxy) is 1. The van der Waals surface area contributed by atoms with Crippen molar-refractivity contribution in [3.63, 3.8) is 0 Å². The molecule has 2 aromatic carbocycles. The average molecular weight is 352 g/mol. The largest absolute Gasteiger partial charge is 0.497 e. The normalized spacial score (nSPS) is 11.6. The van der Waals surface area contributed by atoms with Crippen LogP contribution in [0, 0.1) is 0 Å². The lowest BCUT2D eigenvalue weighted by atomic mass is 10.1. The number of hydrogen-bond donors (Lipinski definition) is 2. The molecule has 1 heterocycles. The fraction of sp³-hybridized carbons (Fsp3) is 0.316. The van der Waals surface area contributed by atoms with E-state index in [4.69, 9.17) is 4.74 Å². The topological polar surface area (TPSA) is 76.4 Å². The van der Waals surface area contributed by atoms with Crippen LogP contribution >= 0.6 is 0 Å². The van der Waals surface area contributed by atoms with Crippen molar-refractivity contribution in [3.8, 4) is 5.75 Å². The molecule has 7 nitrogen and oxygen atoms in total. The summed E-state index contributed by atoms with van der Waals surface area (Å²) in [5.41, 5.74) is 1.15. The van der Waals surface area contributed by atoms with Crippen LogP contribution in [0.4, 0.5) is 0 Å². The van der Waals surface area contributed by atoms with E-state index < -0.39 is 0 Å². The Labute approximate surface area is 153 Å². The third-order valence-corrected chi connectivity index (χ3v) is 4.09. The fourth-order valence-electron chi connectivity index (χ4n) is 2.65. The van der Waals surface area contributed by atoms with E-state index in [9.17, 15) is 0 Å². The Morgan fingerprint density at radius 3 is 2.69 bits per heavy atom. The molecule has 7 heteroatoms. The van der Waals surface area contributed by atoms with Gasteiger partial charge in [-0.25, -0.2) is 9.98 Å². The van der Waals surface area contributed by atoms with Crippen LogP contribution < -0.4 is 15.4 Å². The van der Waals surface area contributed by atoms with Crippen LogP contribution in [0.2, 0.25) is 0 Å². The highest BCUT2D eigenvalue weighted by Crippen LogP contribution is 2.22. The highest BCUT2D eigenvalue weighted by molar-refractivity contribution is 5.84. The average Bonchev–Trinajstić information content (AvgIpc) is 3.08. The van der Waals surface area contributed by atoms with Gasteiger partial charge in [0.2, 0.25) is 0 Å². The number of benzene rings is 2. The molecule has 0 aliphatic carbocycles. The summed E-state index contributed by atoms with van der Waals surface area (Å²) >= 11 is 0. The highest BCUT2D eigenvalue weighted by atomic mass is 16.5. The van der Waals surface area contributed by atoms with Gasteiger partial charge in [0.05, 0.1) is 20.2 Å². The van der Waals surface area contributed by atoms with Gasteiger partial charge in [0.1, 0.15) is 17.9 Å². The number of rotatable bonds is 6. The lowest BCUT2D eigenvalue weighted by Crippen LogP contribution is -2.37. The number of aryl methyl sites for hydroxylation is 1. The predicted molar refractivity (Wildman–Crippen MR) is 103 cm³/mol. The number of aliphatic imine (C=N–C) groups is 1. The van der Waals surface area contributed by atoms with Crippen LogP contribution in [0.15, 0.2) is 47.7 Å². The fourth-order valence-corrected chi connectivity index (χ4v) is 2.65. The standard InChI is InChI=1S/C19H24N6O/c1-4-20-19(22-12-18-23-13-24-25(18)2)21-11-14-5-6-16-10-17(26-3)8-7-15(16)9-14/h5-10,13H,4,11-12H2,1-3H3,(H2,20,21,22). The number of nitrogens with one attached hydrogen (secondary N) is 2. The molecule has 3 aromatic rings. The zero-order valence-electron chi connectivity index (χ0n) is 15.4. The number of guanidine groups is 1. The smallest absolute Gasteiger partial charge is 0.191 e. The maximum atomic E-state index is 5.27. The Kier molecular flexibility index (Phi) is 5.68. The van der Waals surface area contributed by atoms with Gasteiger partial charge >= 0.3 is 0 Å². The van der Waals surface area contributed by atoms with Crippen LogP contribution in [0.1, 0.15) is 18.3 Å². The molecule has 1 aromatic heterocycles. The second-order valence-corrected chi connectivity index (χ2v) is 5.90. The van der Waals surface area contributed by atoms with E-state index in [2.05, 4.69) is 50.0 Å². The van der Waals surface area contributed by atoms with Crippen LogP contribution in [0.25, 0.3) is 10.8 Å². The molecule has 0 aliphatic rings. The minimum atomic E-state index is 0.569. The number of methoxy groups -OCH3 is 1. The zero-order valence-corrected chi connectivity index (χ0v) is 15.4. The van der Waals surface area contributed by atoms with Gasteiger partial charge in [-0.2, -0.15) is 5.10 Å². The molecule has 2 N–H and O–H groups in total. The SMILES string of the molecule is CCNC(=NCc1ccc2cc(OC)ccc2c1)NCc1ncnn1C. The van der Waals surface area contributed by atoms with E-state index in [1.54, 1.807) is 18.1 Å². The number of aromatic nitrogens is 3. The van der Waals surface area contributed by atoms with Gasteiger partial charge in [-0.15, -0.1) is 0 Å². The van der Waals surface area contributed by atoms with Gasteiger partial charge in [-0.3, -0.25) is 4.68 Å². The molecule has 0 radical (unpaired) electrons. The first-order valence-electron chi connectivity index (χ1n) is 8.61. The first-order valence-corrected chi connectivity index (χ1v) is 8.61. The first-order chi connectivity index (χ1) is 12.7. The molecular formula is C19H24N6O. The van der Waals surface area contributed by atoms with E-state index >= 15 is 0 Å². The van der Waals surface area contributed by atoms with Gasteiger partial charge in [-0.1, -0.05) is 18.2 Å². The highest BCUT2D eigenvalue weighted by Gasteiger charge is 2.03. The maximum absolute atomic E-state index is 5.27. The van der Waals surface area contributed by atoms with Crippen LogP contribution in [-0.2, 0) is 20.1 Å². The Balaban J connectivity index is 1.70. The van der Waals surface area contributed by atoms with E-state index in [0.717, 1.165) is 35.0 Å². The summed E-state index contributed by atoms with van der Waals surface area (Å²) in [5, 5.41) is 12.9. The molecule has 3 rings (SSSR count). The second kappa shape index (κ2) is 8.33. The van der Waals surface area contributed by atoms with E-state index in [1.165, 1.54) is 5.39 Å². The molecular weight excluding hydrogens is 328 g/mol. The predicted octanol–water partition coefficient (Wildman–Crippen LogP) is 2.23. The summed E-state index contributed by atoms with van der Waals surface area (Å²) in [4.78, 5) is 8.88. The zero-order chi connectivity index (χ0) is 18.4. The Bertz CT molecular complexity index is 902. The van der Waals surface area contributed by atoms with Gasteiger partial charge in [0.15, 0.2) is 5.96 Å². The summed E-state index contributed by atoms with van der Waals surface area (Å²) in [6.45, 7) is 4.00. The van der Waals surface area contributed by atoms with Crippen molar-refractivity contribution in [1.82, 2.24) is 25.4 Å². The maximum Gasteiger partial charge on any atom is 0.191 e. The molecule has 0 spiro atoms. The molecule has 0 bridgehead atoms. The number of fused-ring (bicyclic) bond motifs is 1. The van der Waals surface area contributed by atoms with E-state index in [-0.39, 0.29) is 0 Å². The minimum absolute atomic E-state index is 0.569. The van der Waals surface area contributed by atoms with Gasteiger partial charge in [0, 0.05) is 13.6 Å². The van der Waals surface area contributed by atoms with Crippen molar-refractivity contribution in [3.05, 3.63) is 54.1 Å². The Morgan fingerprint density at radius 2 is 1.96 bits per heavy atom. The molecule has 26 heavy (non-hydrogen) atoms. The van der Waals surface area contributed by atoms with Crippen molar-refractivity contribution >= 4 is 16.7 Å². The van der Waals surface area contributed by atoms with Crippen molar-refractivity contribution in [2.45, 2.75) is 20.0 Å². The van der Waals surface area contributed by atoms with Crippen LogP contribution in [0.3, 0.4) is 0 Å². The molecule has 136 valence electrons. The molecule has 0 atom stereocenters. The lowest BCUT2D eigenvalue weighted by Gasteiger charge is -2.11. The Morgan fingerprint density at radius 1 is 1.15 bits per heavy atom. The number of nitrogens with zero attached hydrogens (tertiary/aromatic N) is 4. The van der Waals surface area contributed by atoms with Crippen molar-refractivity contribution in [2.24, 2.45) is 12.0 Å². The minimum Gasteiger partial charge on any atom is -0.497 e. The molecule has 0 amide bonds. The third kappa shape index (κ3) is 4.30. The van der Waals surface area contributed by atoms with Crippen molar-refractivity contribution in [1.29, 1.82) is 0 Å². The van der Waals surface area contributed by atoms with Crippen LogP contribution in [0.5, 0.6) is 5.75 Å². The second-order valence-electron chi connectivity index (χ2n) is 5.90. The molecule has 0 aliphatic heterocycles. The van der Waals surface area contributed by atoms with Gasteiger partial charge in [0.25, 0.3) is 0 Å². The summed E-state index contributed by atoms with van der Waals surface area (Å²) in [6, 6.07) is 12.4. The van der Waals surface area contributed by atoms with Crippen LogP contribution in [-0.4, -0.2) is 34.4 Å². The first kappa shape index (κ1) is 17.7. The van der Waals surface area contributed by atoms with Gasteiger partial charge in [-0.05, 0) is 41.5 Å². The molecule has 0 fully saturated rings. The van der Waals surface area contributed by atoms with Crippen molar-refractivity contribution < 1.29 is 4.74 Å². The molecule has 0 saturated carbocycles. The summed E-state index contributed by atoms with van der Waals surface area (Å²) < 4.78 is 7.02.